The third-order valence-electron chi connectivity index (χ3n) is 9.08. The minimum Gasteiger partial charge on any atom is -0.312 e. The molecule has 1 aliphatic heterocycles. The normalized spacial score (nSPS) is 17.7. The maximum Gasteiger partial charge on any atom is 0.0991 e. The first-order valence-electron chi connectivity index (χ1n) is 14.5. The summed E-state index contributed by atoms with van der Waals surface area (Å²) in [6.45, 7) is 0. The minimum absolute atomic E-state index is 0.260. The van der Waals surface area contributed by atoms with Crippen molar-refractivity contribution in [3.63, 3.8) is 0 Å². The van der Waals surface area contributed by atoms with Gasteiger partial charge in [-0.1, -0.05) is 48.6 Å². The smallest absolute Gasteiger partial charge is 0.0991 e. The van der Waals surface area contributed by atoms with Crippen molar-refractivity contribution in [2.75, 3.05) is 0 Å². The van der Waals surface area contributed by atoms with E-state index in [0.29, 0.717) is 16.4 Å². The van der Waals surface area contributed by atoms with E-state index in [1.165, 1.54) is 53.1 Å². The van der Waals surface area contributed by atoms with Crippen LogP contribution in [0.2, 0.25) is 0 Å². The second-order valence-corrected chi connectivity index (χ2v) is 13.7. The number of benzene rings is 4. The Morgan fingerprint density at radius 2 is 1.67 bits per heavy atom. The third-order valence-corrected chi connectivity index (χ3v) is 11.7. The molecule has 4 aromatic carbocycles. The summed E-state index contributed by atoms with van der Waals surface area (Å²) in [4.78, 5) is 2.70. The van der Waals surface area contributed by atoms with E-state index in [-0.39, 0.29) is 5.92 Å². The van der Waals surface area contributed by atoms with Gasteiger partial charge in [-0.05, 0) is 84.1 Å². The molecule has 0 saturated heterocycles. The predicted molar refractivity (Wildman–Crippen MR) is 178 cm³/mol. The second-order valence-electron chi connectivity index (χ2n) is 11.4. The molecule has 0 spiro atoms. The highest BCUT2D eigenvalue weighted by Crippen LogP contribution is 2.56. The Labute approximate surface area is 257 Å². The number of hydrogen-bond donors (Lipinski definition) is 0. The maximum atomic E-state index is 9.92. The fraction of sp³-hybridized carbons (Fsp3) is 0.105. The van der Waals surface area contributed by atoms with Crippen molar-refractivity contribution >= 4 is 56.2 Å². The summed E-state index contributed by atoms with van der Waals surface area (Å²) in [6, 6.07) is 32.4. The van der Waals surface area contributed by atoms with Gasteiger partial charge in [-0.3, -0.25) is 0 Å². The Kier molecular flexibility index (Phi) is 5.38. The van der Waals surface area contributed by atoms with Crippen molar-refractivity contribution in [3.8, 4) is 29.0 Å². The van der Waals surface area contributed by atoms with Crippen molar-refractivity contribution in [2.45, 2.75) is 28.9 Å². The first kappa shape index (κ1) is 24.8. The lowest BCUT2D eigenvalue weighted by Gasteiger charge is -2.21. The standard InChI is InChI=1S/C38H23N3S2/c39-20-22-9-13-33(41-31-7-3-1-5-25(31)26-6-2-4-8-32(26)41)28(17-22)24-11-15-35-30(19-24)37-36(42-35)16-12-27-29-18-23(21-40)10-14-34(29)43-38(27)37/h1-3,5-7,9-19,36-37H,4,8H2. The first-order valence-corrected chi connectivity index (χ1v) is 16.2. The van der Waals surface area contributed by atoms with Crippen LogP contribution < -0.4 is 0 Å². The third kappa shape index (κ3) is 3.59. The van der Waals surface area contributed by atoms with Crippen LogP contribution in [0.4, 0.5) is 0 Å². The Morgan fingerprint density at radius 1 is 0.814 bits per heavy atom. The zero-order chi connectivity index (χ0) is 28.7. The summed E-state index contributed by atoms with van der Waals surface area (Å²) in [5.41, 5.74) is 11.1. The molecular formula is C38H23N3S2. The number of para-hydroxylation sites is 1. The van der Waals surface area contributed by atoms with Gasteiger partial charge in [0.25, 0.3) is 0 Å². The number of nitriles is 2. The number of nitrogens with zero attached hydrogens (tertiary/aromatic N) is 3. The molecule has 2 atom stereocenters. The van der Waals surface area contributed by atoms with E-state index in [4.69, 9.17) is 0 Å². The topological polar surface area (TPSA) is 52.5 Å². The van der Waals surface area contributed by atoms with E-state index < -0.39 is 0 Å². The van der Waals surface area contributed by atoms with Gasteiger partial charge in [0.15, 0.2) is 0 Å². The fourth-order valence-electron chi connectivity index (χ4n) is 7.18. The van der Waals surface area contributed by atoms with E-state index in [1.54, 1.807) is 0 Å². The minimum atomic E-state index is 0.260. The van der Waals surface area contributed by atoms with Gasteiger partial charge >= 0.3 is 0 Å². The van der Waals surface area contributed by atoms with Crippen molar-refractivity contribution in [2.24, 2.45) is 0 Å². The lowest BCUT2D eigenvalue weighted by Crippen LogP contribution is -2.12. The molecule has 0 amide bonds. The van der Waals surface area contributed by atoms with Crippen molar-refractivity contribution in [1.82, 2.24) is 4.57 Å². The first-order chi connectivity index (χ1) is 21.2. The van der Waals surface area contributed by atoms with Gasteiger partial charge in [-0.2, -0.15) is 10.5 Å². The van der Waals surface area contributed by atoms with Gasteiger partial charge in [-0.25, -0.2) is 0 Å². The van der Waals surface area contributed by atoms with Gasteiger partial charge in [0.05, 0.1) is 34.5 Å². The molecule has 0 radical (unpaired) electrons. The molecule has 0 fully saturated rings. The summed E-state index contributed by atoms with van der Waals surface area (Å²) in [7, 11) is 0. The Morgan fingerprint density at radius 3 is 2.58 bits per heavy atom. The monoisotopic (exact) mass is 585 g/mol. The van der Waals surface area contributed by atoms with E-state index >= 15 is 0 Å². The molecule has 3 aliphatic rings. The lowest BCUT2D eigenvalue weighted by molar-refractivity contribution is 0.866. The number of rotatable bonds is 2. The Bertz CT molecular complexity index is 2320. The van der Waals surface area contributed by atoms with E-state index in [1.807, 2.05) is 41.3 Å². The molecule has 0 saturated carbocycles. The highest BCUT2D eigenvalue weighted by atomic mass is 32.2. The quantitative estimate of drug-likeness (QED) is 0.203. The summed E-state index contributed by atoms with van der Waals surface area (Å²) in [5, 5.41) is 22.2. The molecule has 43 heavy (non-hydrogen) atoms. The van der Waals surface area contributed by atoms with Gasteiger partial charge in [0.1, 0.15) is 0 Å². The molecule has 2 unspecified atom stereocenters. The van der Waals surface area contributed by atoms with Crippen molar-refractivity contribution in [1.29, 1.82) is 10.5 Å². The van der Waals surface area contributed by atoms with E-state index in [2.05, 4.69) is 102 Å². The molecule has 0 bridgehead atoms. The zero-order valence-corrected chi connectivity index (χ0v) is 24.7. The van der Waals surface area contributed by atoms with Crippen LogP contribution in [0.25, 0.3) is 50.0 Å². The highest BCUT2D eigenvalue weighted by Gasteiger charge is 2.38. The van der Waals surface area contributed by atoms with Crippen LogP contribution in [0.15, 0.2) is 95.9 Å². The largest absolute Gasteiger partial charge is 0.312 e. The van der Waals surface area contributed by atoms with Crippen LogP contribution in [0, 0.1) is 22.7 Å². The van der Waals surface area contributed by atoms with Gasteiger partial charge in [0, 0.05) is 53.2 Å². The molecule has 3 heterocycles. The molecule has 9 rings (SSSR count). The molecule has 3 nitrogen and oxygen atoms in total. The number of fused-ring (bicyclic) bond motifs is 10. The predicted octanol–water partition coefficient (Wildman–Crippen LogP) is 9.85. The maximum absolute atomic E-state index is 9.92. The van der Waals surface area contributed by atoms with E-state index in [0.717, 1.165) is 29.7 Å². The highest BCUT2D eigenvalue weighted by molar-refractivity contribution is 8.00. The molecule has 202 valence electrons. The van der Waals surface area contributed by atoms with Crippen LogP contribution >= 0.6 is 23.1 Å². The number of hydrogen-bond acceptors (Lipinski definition) is 4. The van der Waals surface area contributed by atoms with Crippen LogP contribution in [-0.4, -0.2) is 9.82 Å². The van der Waals surface area contributed by atoms with Crippen LogP contribution in [0.5, 0.6) is 0 Å². The van der Waals surface area contributed by atoms with Crippen LogP contribution in [-0.2, 0) is 6.42 Å². The Hall–Kier alpha value is -4.81. The molecular weight excluding hydrogens is 563 g/mol. The number of thioether (sulfide) groups is 1. The lowest BCUT2D eigenvalue weighted by atomic mass is 9.86. The average molecular weight is 586 g/mol. The number of thiophene rings is 1. The van der Waals surface area contributed by atoms with Gasteiger partial charge in [0.2, 0.25) is 0 Å². The summed E-state index contributed by atoms with van der Waals surface area (Å²) in [6.07, 6.45) is 11.2. The molecule has 6 aromatic rings. The molecule has 2 aliphatic carbocycles. The molecule has 5 heteroatoms. The zero-order valence-electron chi connectivity index (χ0n) is 23.0. The summed E-state index contributed by atoms with van der Waals surface area (Å²) < 4.78 is 3.65. The van der Waals surface area contributed by atoms with Crippen LogP contribution in [0.3, 0.4) is 0 Å². The van der Waals surface area contributed by atoms with Gasteiger partial charge in [-0.15, -0.1) is 23.1 Å². The van der Waals surface area contributed by atoms with Crippen molar-refractivity contribution < 1.29 is 0 Å². The number of aromatic nitrogens is 1. The van der Waals surface area contributed by atoms with E-state index in [9.17, 15) is 10.5 Å². The van der Waals surface area contributed by atoms with Crippen molar-refractivity contribution in [3.05, 3.63) is 129 Å². The average Bonchev–Trinajstić information content (AvgIpc) is 3.73. The summed E-state index contributed by atoms with van der Waals surface area (Å²) >= 11 is 3.79. The SMILES string of the molecule is N#Cc1ccc(-n2c3c(c4ccccc42)C=CCC3)c(-c2ccc3c(c2)C2c4sc5ccc(C#N)cc5c4C=CC2S3)c1. The molecule has 0 N–H and O–H groups in total. The Balaban J connectivity index is 1.24. The second kappa shape index (κ2) is 9.35. The summed E-state index contributed by atoms with van der Waals surface area (Å²) in [5.74, 6) is 0.260. The number of allylic oxidation sites excluding steroid dienone is 1. The fourth-order valence-corrected chi connectivity index (χ4v) is 9.94. The van der Waals surface area contributed by atoms with Gasteiger partial charge < -0.3 is 4.57 Å². The van der Waals surface area contributed by atoms with Crippen LogP contribution in [0.1, 0.15) is 50.7 Å². The molecule has 2 aromatic heterocycles.